The van der Waals surface area contributed by atoms with Gasteiger partial charge in [-0.05, 0) is 88.6 Å². The number of hydrogen-bond acceptors (Lipinski definition) is 5. The predicted octanol–water partition coefficient (Wildman–Crippen LogP) is 2.77. The van der Waals surface area contributed by atoms with Gasteiger partial charge in [0.15, 0.2) is 4.96 Å². The summed E-state index contributed by atoms with van der Waals surface area (Å²) >= 11 is 1.45. The van der Waals surface area contributed by atoms with Crippen molar-refractivity contribution in [3.05, 3.63) is 67.1 Å². The smallest absolute Gasteiger partial charge is 0.274 e. The van der Waals surface area contributed by atoms with Crippen LogP contribution in [0.15, 0.2) is 35.1 Å². The van der Waals surface area contributed by atoms with Gasteiger partial charge in [-0.3, -0.25) is 4.79 Å². The van der Waals surface area contributed by atoms with Crippen LogP contribution in [0.5, 0.6) is 0 Å². The normalized spacial score (nSPS) is 19.9. The molecule has 4 rings (SSSR count). The molecule has 33 heavy (non-hydrogen) atoms. The van der Waals surface area contributed by atoms with Crippen LogP contribution in [0.2, 0.25) is 0 Å². The molecule has 0 radical (unpaired) electrons. The second kappa shape index (κ2) is 9.27. The maximum atomic E-state index is 13.4. The van der Waals surface area contributed by atoms with Crippen molar-refractivity contribution in [3.8, 4) is 0 Å². The van der Waals surface area contributed by atoms with Gasteiger partial charge in [0, 0.05) is 24.3 Å². The van der Waals surface area contributed by atoms with E-state index >= 15 is 0 Å². The molecule has 0 aliphatic carbocycles. The molecule has 0 amide bonds. The lowest BCUT2D eigenvalue weighted by molar-refractivity contribution is 0.381. The van der Waals surface area contributed by atoms with Crippen molar-refractivity contribution in [3.63, 3.8) is 0 Å². The average Bonchev–Trinajstić information content (AvgIpc) is 3.26. The summed E-state index contributed by atoms with van der Waals surface area (Å²) in [5.41, 5.74) is 3.89. The van der Waals surface area contributed by atoms with E-state index in [4.69, 9.17) is 4.98 Å². The molecule has 1 aliphatic rings. The summed E-state index contributed by atoms with van der Waals surface area (Å²) in [6.07, 6.45) is 11.0. The number of nitrogens with zero attached hydrogens (tertiary/aromatic N) is 3. The summed E-state index contributed by atoms with van der Waals surface area (Å²) in [6.45, 7) is 12.8. The van der Waals surface area contributed by atoms with E-state index in [9.17, 15) is 4.79 Å². The second-order valence-corrected chi connectivity index (χ2v) is 10.4. The molecular formula is C27H34N4OS. The Hall–Kier alpha value is -2.70. The van der Waals surface area contributed by atoms with E-state index in [0.717, 1.165) is 34.2 Å². The predicted molar refractivity (Wildman–Crippen MR) is 142 cm³/mol. The van der Waals surface area contributed by atoms with Crippen molar-refractivity contribution in [1.82, 2.24) is 14.7 Å². The first-order chi connectivity index (χ1) is 15.8. The highest BCUT2D eigenvalue weighted by Gasteiger charge is 2.35. The van der Waals surface area contributed by atoms with Gasteiger partial charge in [-0.15, -0.1) is 0 Å². The first-order valence-corrected chi connectivity index (χ1v) is 12.5. The van der Waals surface area contributed by atoms with Crippen molar-refractivity contribution >= 4 is 40.2 Å². The lowest BCUT2D eigenvalue weighted by atomic mass is 9.79. The zero-order valence-electron chi connectivity index (χ0n) is 20.5. The molecule has 0 saturated carbocycles. The summed E-state index contributed by atoms with van der Waals surface area (Å²) in [7, 11) is 1.90. The largest absolute Gasteiger partial charge is 0.366 e. The fourth-order valence-corrected chi connectivity index (χ4v) is 6.07. The van der Waals surface area contributed by atoms with Gasteiger partial charge < -0.3 is 10.2 Å². The average molecular weight is 463 g/mol. The second-order valence-electron chi connectivity index (χ2n) is 9.35. The number of hydrogen-bond donors (Lipinski definition) is 1. The van der Waals surface area contributed by atoms with E-state index in [-0.39, 0.29) is 11.1 Å². The Bertz CT molecular complexity index is 1430. The van der Waals surface area contributed by atoms with Crippen LogP contribution in [0.25, 0.3) is 23.2 Å². The standard InChI is InChI=1S/C27H34N4OS/c1-7-9-10-23-21(13-14-28-6)29-26-31(23)25(32)24(33-26)16-19-11-12-22-20(15-19)18(3)17-27(4,5)30(22)8-2/h7,9-13,15-16,18,28H,8,14,17H2,1-6H3/b9-7+,21-13+,23-10+,24-16-. The number of aromatic nitrogens is 2. The summed E-state index contributed by atoms with van der Waals surface area (Å²) in [4.78, 5) is 21.3. The zero-order valence-corrected chi connectivity index (χ0v) is 21.3. The van der Waals surface area contributed by atoms with Crippen LogP contribution in [-0.2, 0) is 0 Å². The Morgan fingerprint density at radius 1 is 1.33 bits per heavy atom. The zero-order chi connectivity index (χ0) is 23.8. The van der Waals surface area contributed by atoms with E-state index < -0.39 is 0 Å². The number of anilines is 1. The summed E-state index contributed by atoms with van der Waals surface area (Å²) in [5, 5.41) is 4.78. The molecule has 6 heteroatoms. The van der Waals surface area contributed by atoms with Gasteiger partial charge in [0.25, 0.3) is 5.56 Å². The minimum absolute atomic E-state index is 0.00977. The van der Waals surface area contributed by atoms with Crippen LogP contribution in [-0.4, -0.2) is 35.1 Å². The van der Waals surface area contributed by atoms with E-state index in [1.54, 1.807) is 4.40 Å². The third kappa shape index (κ3) is 4.30. The van der Waals surface area contributed by atoms with Crippen LogP contribution >= 0.6 is 11.3 Å². The maximum absolute atomic E-state index is 13.4. The molecule has 0 fully saturated rings. The van der Waals surface area contributed by atoms with E-state index in [1.165, 1.54) is 22.6 Å². The lowest BCUT2D eigenvalue weighted by Crippen LogP contribution is -2.48. The number of imidazole rings is 1. The molecule has 2 aromatic heterocycles. The molecule has 1 atom stereocenters. The van der Waals surface area contributed by atoms with Crippen LogP contribution in [0.3, 0.4) is 0 Å². The first-order valence-electron chi connectivity index (χ1n) is 11.7. The molecular weight excluding hydrogens is 428 g/mol. The van der Waals surface area contributed by atoms with Gasteiger partial charge in [0.2, 0.25) is 0 Å². The van der Waals surface area contributed by atoms with Crippen molar-refractivity contribution in [2.45, 2.75) is 52.5 Å². The Morgan fingerprint density at radius 2 is 2.12 bits per heavy atom. The summed E-state index contributed by atoms with van der Waals surface area (Å²) < 4.78 is 2.45. The number of rotatable bonds is 5. The van der Waals surface area contributed by atoms with E-state index in [0.29, 0.717) is 17.0 Å². The molecule has 1 unspecified atom stereocenters. The SMILES string of the molecule is C/C=C/C=c1\c(=C/CNC)nc2s/c(=C\c3ccc4c(c3)C(C)CC(C)(C)N4CC)c(=O)n12. The molecule has 0 bridgehead atoms. The number of fused-ring (bicyclic) bond motifs is 2. The highest BCUT2D eigenvalue weighted by Crippen LogP contribution is 2.43. The molecule has 3 aromatic rings. The molecule has 5 nitrogen and oxygen atoms in total. The van der Waals surface area contributed by atoms with Gasteiger partial charge in [-0.2, -0.15) is 0 Å². The van der Waals surface area contributed by atoms with Gasteiger partial charge in [0.1, 0.15) is 0 Å². The van der Waals surface area contributed by atoms with E-state index in [2.05, 4.69) is 56.1 Å². The maximum Gasteiger partial charge on any atom is 0.274 e. The fraction of sp³-hybridized carbons (Fsp3) is 0.407. The van der Waals surface area contributed by atoms with Crippen molar-refractivity contribution in [2.75, 3.05) is 25.0 Å². The minimum Gasteiger partial charge on any atom is -0.366 e. The first kappa shape index (κ1) is 23.5. The number of thiazole rings is 1. The Balaban J connectivity index is 1.86. The minimum atomic E-state index is -0.00977. The molecule has 1 N–H and O–H groups in total. The summed E-state index contributed by atoms with van der Waals surface area (Å²) in [6, 6.07) is 6.62. The highest BCUT2D eigenvalue weighted by atomic mass is 32.1. The number of allylic oxidation sites excluding steroid dienone is 2. The van der Waals surface area contributed by atoms with Crippen LogP contribution < -0.4 is 31.0 Å². The van der Waals surface area contributed by atoms with Gasteiger partial charge in [-0.1, -0.05) is 36.5 Å². The van der Waals surface area contributed by atoms with Gasteiger partial charge in [-0.25, -0.2) is 9.38 Å². The fourth-order valence-electron chi connectivity index (χ4n) is 5.08. The molecule has 1 aromatic carbocycles. The third-order valence-corrected chi connectivity index (χ3v) is 7.46. The monoisotopic (exact) mass is 462 g/mol. The van der Waals surface area contributed by atoms with Crippen molar-refractivity contribution < 1.29 is 0 Å². The van der Waals surface area contributed by atoms with Gasteiger partial charge in [0.05, 0.1) is 15.2 Å². The number of benzene rings is 1. The third-order valence-electron chi connectivity index (χ3n) is 6.50. The lowest BCUT2D eigenvalue weighted by Gasteiger charge is -2.47. The highest BCUT2D eigenvalue weighted by molar-refractivity contribution is 7.15. The van der Waals surface area contributed by atoms with Crippen LogP contribution in [0.4, 0.5) is 5.69 Å². The molecule has 0 saturated heterocycles. The van der Waals surface area contributed by atoms with Crippen LogP contribution in [0.1, 0.15) is 58.1 Å². The summed E-state index contributed by atoms with van der Waals surface area (Å²) in [5.74, 6) is 0.478. The topological polar surface area (TPSA) is 49.6 Å². The van der Waals surface area contributed by atoms with Crippen molar-refractivity contribution in [1.29, 1.82) is 0 Å². The molecule has 0 spiro atoms. The molecule has 174 valence electrons. The Morgan fingerprint density at radius 3 is 2.82 bits per heavy atom. The molecule has 1 aliphatic heterocycles. The van der Waals surface area contributed by atoms with Gasteiger partial charge >= 0.3 is 0 Å². The van der Waals surface area contributed by atoms with Crippen molar-refractivity contribution in [2.24, 2.45) is 0 Å². The Labute approximate surface area is 199 Å². The number of nitrogens with one attached hydrogen (secondary N) is 1. The molecule has 3 heterocycles. The van der Waals surface area contributed by atoms with E-state index in [1.807, 2.05) is 44.4 Å². The Kier molecular flexibility index (Phi) is 6.59. The quantitative estimate of drug-likeness (QED) is 0.634. The van der Waals surface area contributed by atoms with Crippen LogP contribution in [0, 0.1) is 0 Å².